The van der Waals surface area contributed by atoms with Gasteiger partial charge in [-0.15, -0.1) is 0 Å². The normalized spacial score (nSPS) is 14.1. The molecule has 0 bridgehead atoms. The van der Waals surface area contributed by atoms with Crippen LogP contribution in [0.3, 0.4) is 0 Å². The third-order valence-corrected chi connectivity index (χ3v) is 3.03. The molecule has 1 aliphatic rings. The number of fused-ring (bicyclic) bond motifs is 1. The number of halogens is 2. The number of ether oxygens (including phenoxy) is 2. The molecule has 1 aromatic rings. The lowest BCUT2D eigenvalue weighted by Crippen LogP contribution is -2.15. The Hall–Kier alpha value is -0.220. The molecular weight excluding hydrogens is 312 g/mol. The number of hydrogen-bond donors (Lipinski definition) is 0. The van der Waals surface area contributed by atoms with Gasteiger partial charge in [0, 0.05) is 5.33 Å². The molecule has 4 heteroatoms. The highest BCUT2D eigenvalue weighted by molar-refractivity contribution is 9.10. The van der Waals surface area contributed by atoms with Gasteiger partial charge in [-0.05, 0) is 40.0 Å². The van der Waals surface area contributed by atoms with Gasteiger partial charge in [0.25, 0.3) is 0 Å². The second-order valence-corrected chi connectivity index (χ2v) is 4.69. The van der Waals surface area contributed by atoms with E-state index in [4.69, 9.17) is 9.47 Å². The Morgan fingerprint density at radius 2 is 2.00 bits per heavy atom. The van der Waals surface area contributed by atoms with Crippen LogP contribution in [0.25, 0.3) is 0 Å². The fourth-order valence-corrected chi connectivity index (χ4v) is 2.48. The van der Waals surface area contributed by atoms with E-state index in [0.29, 0.717) is 13.2 Å². The first-order chi connectivity index (χ1) is 6.81. The molecule has 2 rings (SSSR count). The van der Waals surface area contributed by atoms with Crippen LogP contribution in [0, 0.1) is 0 Å². The maximum absolute atomic E-state index is 5.52. The molecule has 76 valence electrons. The third-order valence-electron chi connectivity index (χ3n) is 2.04. The van der Waals surface area contributed by atoms with Crippen molar-refractivity contribution in [2.75, 3.05) is 18.5 Å². The predicted octanol–water partition coefficient (Wildman–Crippen LogP) is 3.16. The Bertz CT molecular complexity index is 339. The summed E-state index contributed by atoms with van der Waals surface area (Å²) in [5.74, 6) is 1.68. The molecule has 0 N–H and O–H groups in total. The Labute approximate surface area is 99.8 Å². The molecule has 0 spiro atoms. The van der Waals surface area contributed by atoms with Crippen LogP contribution in [0.4, 0.5) is 0 Å². The number of hydrogen-bond acceptors (Lipinski definition) is 2. The fraction of sp³-hybridized carbons (Fsp3) is 0.400. The molecule has 1 heterocycles. The van der Waals surface area contributed by atoms with Gasteiger partial charge in [0.05, 0.1) is 4.47 Å². The van der Waals surface area contributed by atoms with Crippen molar-refractivity contribution in [1.82, 2.24) is 0 Å². The van der Waals surface area contributed by atoms with Crippen molar-refractivity contribution in [1.29, 1.82) is 0 Å². The van der Waals surface area contributed by atoms with Crippen molar-refractivity contribution in [2.24, 2.45) is 0 Å². The minimum absolute atomic E-state index is 0.628. The molecule has 0 saturated carbocycles. The maximum Gasteiger partial charge on any atom is 0.175 e. The summed E-state index contributed by atoms with van der Waals surface area (Å²) in [5.41, 5.74) is 1.25. The highest BCUT2D eigenvalue weighted by atomic mass is 79.9. The van der Waals surface area contributed by atoms with E-state index >= 15 is 0 Å². The van der Waals surface area contributed by atoms with Crippen LogP contribution in [0.1, 0.15) is 5.56 Å². The van der Waals surface area contributed by atoms with Crippen LogP contribution in [-0.4, -0.2) is 18.5 Å². The summed E-state index contributed by atoms with van der Waals surface area (Å²) in [5, 5.41) is 0.957. The van der Waals surface area contributed by atoms with E-state index in [9.17, 15) is 0 Å². The van der Waals surface area contributed by atoms with Crippen molar-refractivity contribution >= 4 is 31.9 Å². The van der Waals surface area contributed by atoms with Gasteiger partial charge in [0.2, 0.25) is 0 Å². The van der Waals surface area contributed by atoms with E-state index in [1.165, 1.54) is 5.56 Å². The molecule has 1 aliphatic heterocycles. The summed E-state index contributed by atoms with van der Waals surface area (Å²) in [6, 6.07) is 4.12. The third kappa shape index (κ3) is 2.06. The van der Waals surface area contributed by atoms with Crippen LogP contribution in [0.2, 0.25) is 0 Å². The molecule has 0 aliphatic carbocycles. The molecule has 0 amide bonds. The zero-order valence-corrected chi connectivity index (χ0v) is 10.7. The van der Waals surface area contributed by atoms with E-state index in [-0.39, 0.29) is 0 Å². The molecule has 0 unspecified atom stereocenters. The zero-order chi connectivity index (χ0) is 9.97. The topological polar surface area (TPSA) is 18.5 Å². The molecule has 0 atom stereocenters. The van der Waals surface area contributed by atoms with Gasteiger partial charge in [-0.1, -0.05) is 15.9 Å². The number of aryl methyl sites for hydroxylation is 1. The molecule has 0 radical (unpaired) electrons. The molecule has 2 nitrogen and oxygen atoms in total. The van der Waals surface area contributed by atoms with E-state index < -0.39 is 0 Å². The lowest BCUT2D eigenvalue weighted by Gasteiger charge is -2.20. The van der Waals surface area contributed by atoms with Gasteiger partial charge in [0.1, 0.15) is 13.2 Å². The zero-order valence-electron chi connectivity index (χ0n) is 7.56. The van der Waals surface area contributed by atoms with Gasteiger partial charge in [-0.3, -0.25) is 0 Å². The first-order valence-corrected chi connectivity index (χ1v) is 6.36. The lowest BCUT2D eigenvalue weighted by atomic mass is 10.1. The summed E-state index contributed by atoms with van der Waals surface area (Å²) in [6.45, 7) is 1.26. The molecule has 14 heavy (non-hydrogen) atoms. The average Bonchev–Trinajstić information content (AvgIpc) is 2.18. The largest absolute Gasteiger partial charge is 0.486 e. The number of rotatable bonds is 2. The van der Waals surface area contributed by atoms with Crippen molar-refractivity contribution in [3.8, 4) is 11.5 Å². The van der Waals surface area contributed by atoms with E-state index in [1.54, 1.807) is 0 Å². The van der Waals surface area contributed by atoms with Crippen LogP contribution in [0.15, 0.2) is 16.6 Å². The first kappa shape index (κ1) is 10.3. The van der Waals surface area contributed by atoms with Gasteiger partial charge >= 0.3 is 0 Å². The Kier molecular flexibility index (Phi) is 3.34. The van der Waals surface area contributed by atoms with Crippen molar-refractivity contribution in [3.05, 3.63) is 22.2 Å². The summed E-state index contributed by atoms with van der Waals surface area (Å²) >= 11 is 6.90. The Morgan fingerprint density at radius 1 is 1.21 bits per heavy atom. The van der Waals surface area contributed by atoms with E-state index in [1.807, 2.05) is 6.07 Å². The van der Waals surface area contributed by atoms with Gasteiger partial charge in [-0.25, -0.2) is 0 Å². The van der Waals surface area contributed by atoms with Gasteiger partial charge in [-0.2, -0.15) is 0 Å². The van der Waals surface area contributed by atoms with Gasteiger partial charge < -0.3 is 9.47 Å². The average molecular weight is 322 g/mol. The standard InChI is InChI=1S/C10H10Br2O2/c11-2-1-7-5-8(12)10-9(6-7)13-3-4-14-10/h5-6H,1-4H2. The minimum atomic E-state index is 0.628. The first-order valence-electron chi connectivity index (χ1n) is 4.45. The van der Waals surface area contributed by atoms with Crippen LogP contribution >= 0.6 is 31.9 Å². The minimum Gasteiger partial charge on any atom is -0.486 e. The molecular formula is C10H10Br2O2. The molecule has 0 fully saturated rings. The quantitative estimate of drug-likeness (QED) is 0.779. The molecule has 1 aromatic carbocycles. The number of benzene rings is 1. The summed E-state index contributed by atoms with van der Waals surface area (Å²) in [4.78, 5) is 0. The van der Waals surface area contributed by atoms with Crippen molar-refractivity contribution in [3.63, 3.8) is 0 Å². The van der Waals surface area contributed by atoms with Crippen LogP contribution < -0.4 is 9.47 Å². The van der Waals surface area contributed by atoms with Crippen molar-refractivity contribution in [2.45, 2.75) is 6.42 Å². The van der Waals surface area contributed by atoms with E-state index in [2.05, 4.69) is 37.9 Å². The second-order valence-electron chi connectivity index (χ2n) is 3.04. The van der Waals surface area contributed by atoms with Gasteiger partial charge in [0.15, 0.2) is 11.5 Å². The SMILES string of the molecule is BrCCc1cc(Br)c2c(c1)OCCO2. The summed E-state index contributed by atoms with van der Waals surface area (Å²) in [7, 11) is 0. The Morgan fingerprint density at radius 3 is 2.79 bits per heavy atom. The van der Waals surface area contributed by atoms with Crippen molar-refractivity contribution < 1.29 is 9.47 Å². The highest BCUT2D eigenvalue weighted by Gasteiger charge is 2.15. The van der Waals surface area contributed by atoms with Crippen LogP contribution in [-0.2, 0) is 6.42 Å². The predicted molar refractivity (Wildman–Crippen MR) is 62.6 cm³/mol. The second kappa shape index (κ2) is 4.53. The maximum atomic E-state index is 5.52. The van der Waals surface area contributed by atoms with Crippen LogP contribution in [0.5, 0.6) is 11.5 Å². The highest BCUT2D eigenvalue weighted by Crippen LogP contribution is 2.38. The smallest absolute Gasteiger partial charge is 0.175 e. The summed E-state index contributed by atoms with van der Waals surface area (Å²) < 4.78 is 12.0. The summed E-state index contributed by atoms with van der Waals surface area (Å²) in [6.07, 6.45) is 0.995. The molecule has 0 aromatic heterocycles. The monoisotopic (exact) mass is 320 g/mol. The molecule has 0 saturated heterocycles. The van der Waals surface area contributed by atoms with E-state index in [0.717, 1.165) is 27.7 Å². The number of alkyl halides is 1. The Balaban J connectivity index is 2.36. The fourth-order valence-electron chi connectivity index (χ4n) is 1.42. The lowest BCUT2D eigenvalue weighted by molar-refractivity contribution is 0.170.